The largest absolute Gasteiger partial charge is 0.480 e. The molecule has 1 saturated heterocycles. The topological polar surface area (TPSA) is 49.3 Å². The molecule has 3 nitrogen and oxygen atoms in total. The molecule has 3 heteroatoms. The molecule has 0 amide bonds. The third kappa shape index (κ3) is 1.46. The molecule has 2 fully saturated rings. The molecule has 3 atom stereocenters. The molecule has 0 aromatic heterocycles. The summed E-state index contributed by atoms with van der Waals surface area (Å²) in [4.78, 5) is 10.7. The van der Waals surface area contributed by atoms with Crippen molar-refractivity contribution in [2.45, 2.75) is 44.2 Å². The number of hydrogen-bond acceptors (Lipinski definition) is 2. The predicted octanol–water partition coefficient (Wildman–Crippen LogP) is 0.992. The number of carbonyl (C=O) groups is 1. The van der Waals surface area contributed by atoms with E-state index in [0.717, 1.165) is 6.42 Å². The van der Waals surface area contributed by atoms with E-state index in [9.17, 15) is 4.79 Å². The number of aliphatic carboxylic acids is 1. The molecule has 2 bridgehead atoms. The monoisotopic (exact) mass is 169 g/mol. The Kier molecular flexibility index (Phi) is 2.05. The average Bonchev–Trinajstić information content (AvgIpc) is 2.03. The van der Waals surface area contributed by atoms with Crippen LogP contribution in [0.4, 0.5) is 0 Å². The summed E-state index contributed by atoms with van der Waals surface area (Å²) in [7, 11) is 0. The Morgan fingerprint density at radius 1 is 1.33 bits per heavy atom. The highest BCUT2D eigenvalue weighted by molar-refractivity contribution is 5.73. The number of rotatable bonds is 1. The molecule has 0 spiro atoms. The standard InChI is InChI=1S/C9H15NO2/c11-9(12)8-5-6-2-1-3-7(4-6)10-8/h6-8,10H,1-5H2,(H,11,12)/t6-,7+,8?/m0/s1. The minimum absolute atomic E-state index is 0.269. The first-order valence-electron chi connectivity index (χ1n) is 4.74. The Balaban J connectivity index is 2.00. The fraction of sp³-hybridized carbons (Fsp3) is 0.889. The number of carboxylic acid groups (broad SMARTS) is 1. The van der Waals surface area contributed by atoms with Crippen molar-refractivity contribution >= 4 is 5.97 Å². The molecule has 12 heavy (non-hydrogen) atoms. The first-order chi connectivity index (χ1) is 5.75. The van der Waals surface area contributed by atoms with E-state index in [4.69, 9.17) is 5.11 Å². The lowest BCUT2D eigenvalue weighted by Crippen LogP contribution is -2.51. The lowest BCUT2D eigenvalue weighted by atomic mass is 9.78. The van der Waals surface area contributed by atoms with E-state index in [2.05, 4.69) is 5.32 Å². The summed E-state index contributed by atoms with van der Waals surface area (Å²) in [6.07, 6.45) is 5.71. The van der Waals surface area contributed by atoms with Gasteiger partial charge in [-0.3, -0.25) is 4.79 Å². The zero-order valence-corrected chi connectivity index (χ0v) is 7.12. The average molecular weight is 169 g/mol. The quantitative estimate of drug-likeness (QED) is 0.615. The minimum Gasteiger partial charge on any atom is -0.480 e. The van der Waals surface area contributed by atoms with Crippen molar-refractivity contribution < 1.29 is 9.90 Å². The number of piperidine rings is 1. The summed E-state index contributed by atoms with van der Waals surface area (Å²) in [6.45, 7) is 0. The van der Waals surface area contributed by atoms with Crippen LogP contribution in [0, 0.1) is 5.92 Å². The molecule has 1 aliphatic carbocycles. The summed E-state index contributed by atoms with van der Waals surface area (Å²) >= 11 is 0. The molecule has 1 aliphatic heterocycles. The Bertz CT molecular complexity index is 181. The van der Waals surface area contributed by atoms with Crippen molar-refractivity contribution in [2.75, 3.05) is 0 Å². The van der Waals surface area contributed by atoms with Gasteiger partial charge in [-0.15, -0.1) is 0 Å². The number of carboxylic acids is 1. The van der Waals surface area contributed by atoms with Gasteiger partial charge in [0.1, 0.15) is 6.04 Å². The molecule has 0 radical (unpaired) electrons. The highest BCUT2D eigenvalue weighted by Crippen LogP contribution is 2.32. The van der Waals surface area contributed by atoms with E-state index in [1.165, 1.54) is 25.7 Å². The zero-order chi connectivity index (χ0) is 8.55. The Morgan fingerprint density at radius 2 is 2.17 bits per heavy atom. The van der Waals surface area contributed by atoms with Crippen molar-refractivity contribution in [3.8, 4) is 0 Å². The van der Waals surface area contributed by atoms with Crippen LogP contribution in [-0.4, -0.2) is 23.2 Å². The van der Waals surface area contributed by atoms with Gasteiger partial charge in [-0.2, -0.15) is 0 Å². The first kappa shape index (κ1) is 8.05. The fourth-order valence-electron chi connectivity index (χ4n) is 2.51. The summed E-state index contributed by atoms with van der Waals surface area (Å²) in [5.41, 5.74) is 0. The molecule has 2 N–H and O–H groups in total. The second-order valence-electron chi connectivity index (χ2n) is 4.02. The van der Waals surface area contributed by atoms with Gasteiger partial charge in [-0.1, -0.05) is 12.8 Å². The maximum absolute atomic E-state index is 10.7. The maximum atomic E-state index is 10.7. The fourth-order valence-corrected chi connectivity index (χ4v) is 2.51. The van der Waals surface area contributed by atoms with Crippen LogP contribution < -0.4 is 5.32 Å². The van der Waals surface area contributed by atoms with Gasteiger partial charge in [0.05, 0.1) is 0 Å². The number of fused-ring (bicyclic) bond motifs is 2. The Morgan fingerprint density at radius 3 is 2.83 bits per heavy atom. The lowest BCUT2D eigenvalue weighted by molar-refractivity contribution is -0.141. The van der Waals surface area contributed by atoms with Crippen LogP contribution in [-0.2, 0) is 4.79 Å². The lowest BCUT2D eigenvalue weighted by Gasteiger charge is -2.38. The second-order valence-corrected chi connectivity index (χ2v) is 4.02. The smallest absolute Gasteiger partial charge is 0.320 e. The summed E-state index contributed by atoms with van der Waals surface area (Å²) in [5.74, 6) is -0.00213. The maximum Gasteiger partial charge on any atom is 0.320 e. The normalized spacial score (nSPS) is 40.8. The van der Waals surface area contributed by atoms with E-state index < -0.39 is 5.97 Å². The number of nitrogens with one attached hydrogen (secondary N) is 1. The second kappa shape index (κ2) is 3.05. The van der Waals surface area contributed by atoms with Crippen molar-refractivity contribution in [3.05, 3.63) is 0 Å². The predicted molar refractivity (Wildman–Crippen MR) is 44.9 cm³/mol. The van der Waals surface area contributed by atoms with Gasteiger partial charge in [-0.25, -0.2) is 0 Å². The highest BCUT2D eigenvalue weighted by atomic mass is 16.4. The van der Waals surface area contributed by atoms with Crippen LogP contribution in [0.15, 0.2) is 0 Å². The minimum atomic E-state index is -0.674. The van der Waals surface area contributed by atoms with Gasteiger partial charge in [0.25, 0.3) is 0 Å². The van der Waals surface area contributed by atoms with Crippen LogP contribution in [0.3, 0.4) is 0 Å². The molecule has 1 heterocycles. The van der Waals surface area contributed by atoms with Gasteiger partial charge < -0.3 is 10.4 Å². The molecule has 2 aliphatic rings. The van der Waals surface area contributed by atoms with Gasteiger partial charge in [-0.05, 0) is 25.2 Å². The van der Waals surface area contributed by atoms with Gasteiger partial charge in [0.2, 0.25) is 0 Å². The summed E-state index contributed by atoms with van der Waals surface area (Å²) in [6, 6.07) is 0.215. The van der Waals surface area contributed by atoms with Crippen molar-refractivity contribution in [1.82, 2.24) is 5.32 Å². The molecule has 68 valence electrons. The molecule has 1 saturated carbocycles. The summed E-state index contributed by atoms with van der Waals surface area (Å²) in [5, 5.41) is 12.0. The zero-order valence-electron chi connectivity index (χ0n) is 7.12. The molecule has 0 aromatic carbocycles. The third-order valence-electron chi connectivity index (χ3n) is 3.09. The molecule has 2 rings (SSSR count). The van der Waals surface area contributed by atoms with Crippen molar-refractivity contribution in [2.24, 2.45) is 5.92 Å². The SMILES string of the molecule is O=C(O)C1C[C@H]2CCC[C@H](C2)N1. The molecular formula is C9H15NO2. The van der Waals surface area contributed by atoms with E-state index in [-0.39, 0.29) is 6.04 Å². The van der Waals surface area contributed by atoms with E-state index in [1.54, 1.807) is 0 Å². The van der Waals surface area contributed by atoms with E-state index in [1.807, 2.05) is 0 Å². The van der Waals surface area contributed by atoms with Crippen molar-refractivity contribution in [3.63, 3.8) is 0 Å². The first-order valence-corrected chi connectivity index (χ1v) is 4.74. The van der Waals surface area contributed by atoms with Crippen LogP contribution in [0.5, 0.6) is 0 Å². The van der Waals surface area contributed by atoms with Gasteiger partial charge in [0, 0.05) is 6.04 Å². The van der Waals surface area contributed by atoms with Crippen LogP contribution in [0.1, 0.15) is 32.1 Å². The molecule has 0 aromatic rings. The van der Waals surface area contributed by atoms with Crippen LogP contribution in [0.2, 0.25) is 0 Å². The van der Waals surface area contributed by atoms with Gasteiger partial charge >= 0.3 is 5.97 Å². The van der Waals surface area contributed by atoms with Gasteiger partial charge in [0.15, 0.2) is 0 Å². The Labute approximate surface area is 72.2 Å². The third-order valence-corrected chi connectivity index (χ3v) is 3.09. The van der Waals surface area contributed by atoms with Crippen LogP contribution in [0.25, 0.3) is 0 Å². The molecule has 1 unspecified atom stereocenters. The highest BCUT2D eigenvalue weighted by Gasteiger charge is 2.34. The Hall–Kier alpha value is -0.570. The van der Waals surface area contributed by atoms with E-state index >= 15 is 0 Å². The summed E-state index contributed by atoms with van der Waals surface area (Å²) < 4.78 is 0. The molecular weight excluding hydrogens is 154 g/mol. The number of hydrogen-bond donors (Lipinski definition) is 2. The van der Waals surface area contributed by atoms with Crippen molar-refractivity contribution in [1.29, 1.82) is 0 Å². The van der Waals surface area contributed by atoms with Crippen LogP contribution >= 0.6 is 0 Å². The van der Waals surface area contributed by atoms with E-state index in [0.29, 0.717) is 12.0 Å².